The van der Waals surface area contributed by atoms with Gasteiger partial charge in [0.05, 0.1) is 0 Å². The van der Waals surface area contributed by atoms with Crippen molar-refractivity contribution in [1.29, 1.82) is 0 Å². The molecule has 0 saturated heterocycles. The normalized spacial score (nSPS) is 11.8. The van der Waals surface area contributed by atoms with E-state index in [9.17, 15) is 9.59 Å². The van der Waals surface area contributed by atoms with E-state index >= 15 is 0 Å². The maximum Gasteiger partial charge on any atom is 0.269 e. The quantitative estimate of drug-likeness (QED) is 0.594. The lowest BCUT2D eigenvalue weighted by Crippen LogP contribution is -2.24. The number of nitrogens with one attached hydrogen (secondary N) is 2. The Balaban J connectivity index is 2.20. The third kappa shape index (κ3) is 5.62. The second-order valence-corrected chi connectivity index (χ2v) is 8.93. The number of rotatable bonds is 9. The van der Waals surface area contributed by atoms with E-state index in [0.717, 1.165) is 18.4 Å². The Morgan fingerprint density at radius 2 is 1.63 bits per heavy atom. The summed E-state index contributed by atoms with van der Waals surface area (Å²) in [5, 5.41) is 2.72. The van der Waals surface area contributed by atoms with Crippen molar-refractivity contribution >= 4 is 17.5 Å². The number of carbonyl (C=O) groups excluding carboxylic acids is 2. The number of benzene rings is 2. The number of hydrogen-bond acceptors (Lipinski definition) is 3. The van der Waals surface area contributed by atoms with Gasteiger partial charge in [-0.1, -0.05) is 59.7 Å². The standard InChI is InChI=1S/C25H33N2O3/c1-7-24(3,4)18-12-13-21(20(15-18)25(5,6)8-2)30-16-22(28)27-19-11-9-10-17(14-19)23(26)29/h9-15,26H,7-8,16H2,1-6H3,(H,27,28). The fourth-order valence-electron chi connectivity index (χ4n) is 3.08. The molecule has 0 fully saturated rings. The van der Waals surface area contributed by atoms with Crippen molar-refractivity contribution in [2.75, 3.05) is 11.9 Å². The van der Waals surface area contributed by atoms with Crippen molar-refractivity contribution in [2.24, 2.45) is 0 Å². The van der Waals surface area contributed by atoms with E-state index in [1.54, 1.807) is 18.2 Å². The van der Waals surface area contributed by atoms with Gasteiger partial charge in [0.2, 0.25) is 0 Å². The second-order valence-electron chi connectivity index (χ2n) is 8.93. The molecule has 0 unspecified atom stereocenters. The molecule has 2 aromatic rings. The highest BCUT2D eigenvalue weighted by molar-refractivity contribution is 5.96. The van der Waals surface area contributed by atoms with Gasteiger partial charge in [0, 0.05) is 16.8 Å². The first-order valence-electron chi connectivity index (χ1n) is 10.4. The molecular formula is C25H33N2O3. The zero-order chi connectivity index (χ0) is 22.5. The van der Waals surface area contributed by atoms with Gasteiger partial charge >= 0.3 is 0 Å². The highest BCUT2D eigenvalue weighted by Gasteiger charge is 2.26. The first-order valence-corrected chi connectivity index (χ1v) is 10.4. The van der Waals surface area contributed by atoms with Crippen LogP contribution >= 0.6 is 0 Å². The largest absolute Gasteiger partial charge is 0.483 e. The molecule has 0 aromatic heterocycles. The highest BCUT2D eigenvalue weighted by atomic mass is 16.5. The molecule has 0 bridgehead atoms. The molecule has 5 heteroatoms. The number of hydrogen-bond donors (Lipinski definition) is 1. The van der Waals surface area contributed by atoms with Crippen LogP contribution in [0.2, 0.25) is 0 Å². The summed E-state index contributed by atoms with van der Waals surface area (Å²) in [5.74, 6) is -0.394. The lowest BCUT2D eigenvalue weighted by molar-refractivity contribution is -0.118. The van der Waals surface area contributed by atoms with Crippen LogP contribution in [-0.4, -0.2) is 18.4 Å². The molecule has 5 nitrogen and oxygen atoms in total. The first-order chi connectivity index (χ1) is 14.0. The molecule has 0 saturated carbocycles. The molecule has 0 spiro atoms. The van der Waals surface area contributed by atoms with E-state index < -0.39 is 5.91 Å². The van der Waals surface area contributed by atoms with Crippen LogP contribution in [0.4, 0.5) is 5.69 Å². The fraction of sp³-hybridized carbons (Fsp3) is 0.440. The predicted octanol–water partition coefficient (Wildman–Crippen LogP) is 5.50. The van der Waals surface area contributed by atoms with Crippen LogP contribution in [0.15, 0.2) is 42.5 Å². The number of ether oxygens (including phenoxy) is 1. The van der Waals surface area contributed by atoms with Crippen molar-refractivity contribution in [3.05, 3.63) is 59.2 Å². The molecule has 0 aliphatic carbocycles. The van der Waals surface area contributed by atoms with Gasteiger partial charge in [0.1, 0.15) is 5.75 Å². The van der Waals surface area contributed by atoms with Crippen LogP contribution in [0, 0.1) is 0 Å². The summed E-state index contributed by atoms with van der Waals surface area (Å²) < 4.78 is 5.92. The summed E-state index contributed by atoms with van der Waals surface area (Å²) in [6.07, 6.45) is 1.97. The van der Waals surface area contributed by atoms with Gasteiger partial charge in [-0.15, -0.1) is 0 Å². The minimum absolute atomic E-state index is 0.0643. The Kier molecular flexibility index (Phi) is 7.30. The van der Waals surface area contributed by atoms with E-state index in [2.05, 4.69) is 59.0 Å². The summed E-state index contributed by atoms with van der Waals surface area (Å²) in [6, 6.07) is 12.6. The van der Waals surface area contributed by atoms with Gasteiger partial charge in [0.25, 0.3) is 11.8 Å². The van der Waals surface area contributed by atoms with E-state index in [0.29, 0.717) is 11.4 Å². The van der Waals surface area contributed by atoms with Crippen molar-refractivity contribution in [2.45, 2.75) is 65.2 Å². The topological polar surface area (TPSA) is 79.2 Å². The number of anilines is 1. The molecule has 1 radical (unpaired) electrons. The summed E-state index contributed by atoms with van der Waals surface area (Å²) in [7, 11) is 0. The molecule has 2 rings (SSSR count). The van der Waals surface area contributed by atoms with Crippen molar-refractivity contribution < 1.29 is 14.3 Å². The maximum atomic E-state index is 12.4. The second kappa shape index (κ2) is 9.33. The summed E-state index contributed by atoms with van der Waals surface area (Å²) >= 11 is 0. The van der Waals surface area contributed by atoms with Gasteiger partial charge in [0.15, 0.2) is 6.61 Å². The zero-order valence-electron chi connectivity index (χ0n) is 18.9. The first kappa shape index (κ1) is 23.5. The Hall–Kier alpha value is -2.82. The van der Waals surface area contributed by atoms with Crippen LogP contribution in [0.5, 0.6) is 5.75 Å². The fourth-order valence-corrected chi connectivity index (χ4v) is 3.08. The maximum absolute atomic E-state index is 12.4. The van der Waals surface area contributed by atoms with Crippen LogP contribution in [0.1, 0.15) is 75.9 Å². The average Bonchev–Trinajstić information content (AvgIpc) is 2.72. The van der Waals surface area contributed by atoms with E-state index in [4.69, 9.17) is 10.5 Å². The average molecular weight is 410 g/mol. The third-order valence-corrected chi connectivity index (χ3v) is 6.03. The lowest BCUT2D eigenvalue weighted by Gasteiger charge is -2.30. The molecule has 2 N–H and O–H groups in total. The lowest BCUT2D eigenvalue weighted by atomic mass is 9.76. The monoisotopic (exact) mass is 409 g/mol. The minimum atomic E-state index is -0.788. The van der Waals surface area contributed by atoms with Crippen molar-refractivity contribution in [1.82, 2.24) is 5.73 Å². The molecule has 30 heavy (non-hydrogen) atoms. The van der Waals surface area contributed by atoms with E-state index in [1.807, 2.05) is 6.07 Å². The van der Waals surface area contributed by atoms with Gasteiger partial charge in [-0.25, -0.2) is 0 Å². The van der Waals surface area contributed by atoms with Crippen LogP contribution < -0.4 is 15.8 Å². The summed E-state index contributed by atoms with van der Waals surface area (Å²) in [6.45, 7) is 13.0. The van der Waals surface area contributed by atoms with Crippen LogP contribution in [-0.2, 0) is 15.6 Å². The third-order valence-electron chi connectivity index (χ3n) is 6.03. The Morgan fingerprint density at radius 1 is 0.967 bits per heavy atom. The van der Waals surface area contributed by atoms with Crippen molar-refractivity contribution in [3.8, 4) is 5.75 Å². The Bertz CT molecular complexity index is 916. The van der Waals surface area contributed by atoms with Gasteiger partial charge in [-0.2, -0.15) is 0 Å². The number of amides is 2. The molecule has 0 aliphatic rings. The molecule has 0 aliphatic heterocycles. The van der Waals surface area contributed by atoms with Gasteiger partial charge in [-0.05, 0) is 53.5 Å². The molecule has 161 valence electrons. The summed E-state index contributed by atoms with van der Waals surface area (Å²) in [4.78, 5) is 23.6. The SMILES string of the molecule is CCC(C)(C)c1ccc(OCC(=O)Nc2cccc(C([NH])=O)c2)c(C(C)(C)CC)c1. The molecule has 0 heterocycles. The molecular weight excluding hydrogens is 376 g/mol. The Labute approximate surface area is 180 Å². The molecule has 2 amide bonds. The Morgan fingerprint density at radius 3 is 2.23 bits per heavy atom. The molecule has 2 aromatic carbocycles. The van der Waals surface area contributed by atoms with E-state index in [-0.39, 0.29) is 28.9 Å². The highest BCUT2D eigenvalue weighted by Crippen LogP contribution is 2.38. The summed E-state index contributed by atoms with van der Waals surface area (Å²) in [5.41, 5.74) is 10.2. The predicted molar refractivity (Wildman–Crippen MR) is 121 cm³/mol. The zero-order valence-corrected chi connectivity index (χ0v) is 18.9. The smallest absolute Gasteiger partial charge is 0.269 e. The minimum Gasteiger partial charge on any atom is -0.483 e. The van der Waals surface area contributed by atoms with Crippen molar-refractivity contribution in [3.63, 3.8) is 0 Å². The molecule has 0 atom stereocenters. The van der Waals surface area contributed by atoms with Crippen LogP contribution in [0.25, 0.3) is 0 Å². The van der Waals surface area contributed by atoms with E-state index in [1.165, 1.54) is 11.6 Å². The van der Waals surface area contributed by atoms with Crippen LogP contribution in [0.3, 0.4) is 0 Å². The van der Waals surface area contributed by atoms with Gasteiger partial charge < -0.3 is 10.1 Å². The number of carbonyl (C=O) groups is 2. The van der Waals surface area contributed by atoms with Gasteiger partial charge in [-0.3, -0.25) is 15.3 Å².